The van der Waals surface area contributed by atoms with Gasteiger partial charge in [-0.3, -0.25) is 0 Å². The van der Waals surface area contributed by atoms with E-state index in [1.165, 1.54) is 0 Å². The predicted molar refractivity (Wildman–Crippen MR) is 45.6 cm³/mol. The van der Waals surface area contributed by atoms with Crippen LogP contribution in [0.15, 0.2) is 0 Å². The maximum absolute atomic E-state index is 9.66. The zero-order valence-corrected chi connectivity index (χ0v) is 7.70. The third kappa shape index (κ3) is 1.37. The lowest BCUT2D eigenvalue weighted by atomic mass is 9.83. The molecule has 3 heteroatoms. The van der Waals surface area contributed by atoms with Gasteiger partial charge in [0.05, 0.1) is 12.2 Å². The minimum atomic E-state index is -0.750. The molecule has 0 heterocycles. The molecular weight excluding hydrogens is 156 g/mol. The smallest absolute Gasteiger partial charge is 0.0856 e. The van der Waals surface area contributed by atoms with Crippen LogP contribution in [-0.2, 0) is 0 Å². The Morgan fingerprint density at radius 3 is 2.25 bits per heavy atom. The summed E-state index contributed by atoms with van der Waals surface area (Å²) in [5.41, 5.74) is -0.215. The van der Waals surface area contributed by atoms with Crippen LogP contribution < -0.4 is 0 Å². The highest BCUT2D eigenvalue weighted by Gasteiger charge is 2.47. The van der Waals surface area contributed by atoms with Crippen molar-refractivity contribution in [2.75, 3.05) is 6.61 Å². The van der Waals surface area contributed by atoms with Crippen LogP contribution in [0.5, 0.6) is 0 Å². The Morgan fingerprint density at radius 2 is 2.00 bits per heavy atom. The van der Waals surface area contributed by atoms with Crippen molar-refractivity contribution in [3.63, 3.8) is 0 Å². The van der Waals surface area contributed by atoms with Crippen LogP contribution in [0.2, 0.25) is 0 Å². The molecule has 0 aromatic heterocycles. The van der Waals surface area contributed by atoms with Gasteiger partial charge < -0.3 is 15.3 Å². The first-order valence-corrected chi connectivity index (χ1v) is 4.52. The topological polar surface area (TPSA) is 60.7 Å². The minimum absolute atomic E-state index is 0.0339. The Hall–Kier alpha value is -0.120. The molecule has 4 atom stereocenters. The van der Waals surface area contributed by atoms with Crippen LogP contribution in [0.1, 0.15) is 26.7 Å². The van der Waals surface area contributed by atoms with Gasteiger partial charge in [0.2, 0.25) is 0 Å². The van der Waals surface area contributed by atoms with E-state index in [-0.39, 0.29) is 17.9 Å². The molecule has 1 aliphatic carbocycles. The summed E-state index contributed by atoms with van der Waals surface area (Å²) < 4.78 is 0. The van der Waals surface area contributed by atoms with E-state index in [2.05, 4.69) is 0 Å². The second-order valence-electron chi connectivity index (χ2n) is 4.09. The quantitative estimate of drug-likeness (QED) is 0.558. The molecule has 3 nitrogen and oxygen atoms in total. The SMILES string of the molecule is CC[C@]1(C)C[C@@H](CO)[C@@H](O)[C@H]1O. The number of aliphatic hydroxyl groups is 3. The Balaban J connectivity index is 2.72. The molecule has 0 spiro atoms. The first kappa shape index (κ1) is 9.96. The normalized spacial score (nSPS) is 48.2. The predicted octanol–water partition coefficient (Wildman–Crippen LogP) is 0.137. The molecule has 1 fully saturated rings. The summed E-state index contributed by atoms with van der Waals surface area (Å²) in [6.07, 6.45) is 0.115. The first-order chi connectivity index (χ1) is 5.55. The highest BCUT2D eigenvalue weighted by Crippen LogP contribution is 2.43. The maximum atomic E-state index is 9.66. The van der Waals surface area contributed by atoms with E-state index < -0.39 is 12.2 Å². The zero-order valence-electron chi connectivity index (χ0n) is 7.70. The lowest BCUT2D eigenvalue weighted by Crippen LogP contribution is -2.34. The summed E-state index contributed by atoms with van der Waals surface area (Å²) in [6, 6.07) is 0. The summed E-state index contributed by atoms with van der Waals surface area (Å²) in [5, 5.41) is 28.1. The summed E-state index contributed by atoms with van der Waals surface area (Å²) in [7, 11) is 0. The molecule has 0 aliphatic heterocycles. The van der Waals surface area contributed by atoms with Gasteiger partial charge in [0, 0.05) is 12.5 Å². The Labute approximate surface area is 73.0 Å². The van der Waals surface area contributed by atoms with E-state index >= 15 is 0 Å². The fraction of sp³-hybridized carbons (Fsp3) is 1.00. The second kappa shape index (κ2) is 3.32. The third-order valence-electron chi connectivity index (χ3n) is 3.29. The van der Waals surface area contributed by atoms with Gasteiger partial charge in [0.25, 0.3) is 0 Å². The molecule has 0 bridgehead atoms. The van der Waals surface area contributed by atoms with Crippen LogP contribution in [0.4, 0.5) is 0 Å². The summed E-state index contributed by atoms with van der Waals surface area (Å²) in [6.45, 7) is 3.92. The molecule has 12 heavy (non-hydrogen) atoms. The van der Waals surface area contributed by atoms with Crippen LogP contribution in [0.3, 0.4) is 0 Å². The van der Waals surface area contributed by atoms with Crippen molar-refractivity contribution in [2.45, 2.75) is 38.9 Å². The van der Waals surface area contributed by atoms with E-state index in [0.717, 1.165) is 6.42 Å². The van der Waals surface area contributed by atoms with E-state index in [9.17, 15) is 10.2 Å². The van der Waals surface area contributed by atoms with E-state index in [1.807, 2.05) is 13.8 Å². The summed E-state index contributed by atoms with van der Waals surface area (Å²) >= 11 is 0. The monoisotopic (exact) mass is 174 g/mol. The van der Waals surface area contributed by atoms with Crippen LogP contribution in [0, 0.1) is 11.3 Å². The molecule has 1 rings (SSSR count). The molecule has 0 saturated heterocycles. The fourth-order valence-electron chi connectivity index (χ4n) is 2.04. The Kier molecular flexibility index (Phi) is 2.76. The van der Waals surface area contributed by atoms with Gasteiger partial charge in [-0.05, 0) is 18.3 Å². The van der Waals surface area contributed by atoms with Gasteiger partial charge in [-0.15, -0.1) is 0 Å². The van der Waals surface area contributed by atoms with Crippen molar-refractivity contribution in [1.82, 2.24) is 0 Å². The summed E-state index contributed by atoms with van der Waals surface area (Å²) in [5.74, 6) is -0.148. The van der Waals surface area contributed by atoms with Gasteiger partial charge in [-0.2, -0.15) is 0 Å². The number of hydrogen-bond acceptors (Lipinski definition) is 3. The molecule has 0 unspecified atom stereocenters. The average molecular weight is 174 g/mol. The molecule has 1 aliphatic rings. The Bertz CT molecular complexity index is 160. The summed E-state index contributed by atoms with van der Waals surface area (Å²) in [4.78, 5) is 0. The lowest BCUT2D eigenvalue weighted by Gasteiger charge is -2.26. The molecule has 72 valence electrons. The fourth-order valence-corrected chi connectivity index (χ4v) is 2.04. The molecule has 0 amide bonds. The van der Waals surface area contributed by atoms with Crippen molar-refractivity contribution in [3.05, 3.63) is 0 Å². The molecule has 1 saturated carbocycles. The molecule has 0 aromatic rings. The number of aliphatic hydroxyl groups excluding tert-OH is 3. The van der Waals surface area contributed by atoms with Crippen LogP contribution in [0.25, 0.3) is 0 Å². The van der Waals surface area contributed by atoms with E-state index in [4.69, 9.17) is 5.11 Å². The molecular formula is C9H18O3. The van der Waals surface area contributed by atoms with Crippen molar-refractivity contribution < 1.29 is 15.3 Å². The lowest BCUT2D eigenvalue weighted by molar-refractivity contribution is -0.0293. The van der Waals surface area contributed by atoms with Crippen molar-refractivity contribution in [2.24, 2.45) is 11.3 Å². The van der Waals surface area contributed by atoms with Gasteiger partial charge >= 0.3 is 0 Å². The zero-order chi connectivity index (χ0) is 9.35. The van der Waals surface area contributed by atoms with Gasteiger partial charge in [0.15, 0.2) is 0 Å². The number of rotatable bonds is 2. The minimum Gasteiger partial charge on any atom is -0.396 e. The standard InChI is InChI=1S/C9H18O3/c1-3-9(2)4-6(5-10)7(11)8(9)12/h6-8,10-12H,3-5H2,1-2H3/t6-,7+,8+,9+/m0/s1. The highest BCUT2D eigenvalue weighted by atomic mass is 16.3. The van der Waals surface area contributed by atoms with Crippen LogP contribution >= 0.6 is 0 Å². The van der Waals surface area contributed by atoms with Crippen LogP contribution in [-0.4, -0.2) is 34.1 Å². The van der Waals surface area contributed by atoms with Gasteiger partial charge in [0.1, 0.15) is 0 Å². The molecule has 3 N–H and O–H groups in total. The number of hydrogen-bond donors (Lipinski definition) is 3. The van der Waals surface area contributed by atoms with Crippen molar-refractivity contribution in [1.29, 1.82) is 0 Å². The van der Waals surface area contributed by atoms with Gasteiger partial charge in [-0.25, -0.2) is 0 Å². The van der Waals surface area contributed by atoms with Gasteiger partial charge in [-0.1, -0.05) is 13.8 Å². The van der Waals surface area contributed by atoms with Crippen molar-refractivity contribution >= 4 is 0 Å². The second-order valence-corrected chi connectivity index (χ2v) is 4.09. The average Bonchev–Trinajstić information content (AvgIpc) is 2.31. The van der Waals surface area contributed by atoms with E-state index in [0.29, 0.717) is 6.42 Å². The largest absolute Gasteiger partial charge is 0.396 e. The maximum Gasteiger partial charge on any atom is 0.0856 e. The molecule has 0 aromatic carbocycles. The molecule has 0 radical (unpaired) electrons. The Morgan fingerprint density at radius 1 is 1.42 bits per heavy atom. The highest BCUT2D eigenvalue weighted by molar-refractivity contribution is 4.98. The first-order valence-electron chi connectivity index (χ1n) is 4.52. The third-order valence-corrected chi connectivity index (χ3v) is 3.29. The van der Waals surface area contributed by atoms with Crippen molar-refractivity contribution in [3.8, 4) is 0 Å². The van der Waals surface area contributed by atoms with E-state index in [1.54, 1.807) is 0 Å².